The van der Waals surface area contributed by atoms with Crippen LogP contribution in [0.2, 0.25) is 0 Å². The minimum atomic E-state index is -0.0417. The van der Waals surface area contributed by atoms with Gasteiger partial charge in [-0.2, -0.15) is 0 Å². The molecule has 17 heavy (non-hydrogen) atoms. The predicted octanol–water partition coefficient (Wildman–Crippen LogP) is 4.85. The minimum Gasteiger partial charge on any atom is -0.294 e. The van der Waals surface area contributed by atoms with Gasteiger partial charge >= 0.3 is 0 Å². The number of aryl methyl sites for hydroxylation is 1. The number of carbonyl (C=O) groups is 1. The number of carbonyl (C=O) groups excluding carboxylic acids is 1. The van der Waals surface area contributed by atoms with Crippen LogP contribution >= 0.6 is 11.3 Å². The Morgan fingerprint density at radius 1 is 1.41 bits per heavy atom. The first kappa shape index (κ1) is 12.8. The quantitative estimate of drug-likeness (QED) is 0.698. The van der Waals surface area contributed by atoms with Gasteiger partial charge in [-0.1, -0.05) is 26.7 Å². The summed E-state index contributed by atoms with van der Waals surface area (Å²) < 4.78 is 0. The Bertz CT molecular complexity index is 397. The fraction of sp³-hybridized carbons (Fsp3) is 0.667. The molecule has 0 atom stereocenters. The average Bonchev–Trinajstić information content (AvgIpc) is 2.86. The molecule has 1 aliphatic carbocycles. The number of thiophene rings is 1. The molecule has 1 saturated carbocycles. The molecule has 1 nitrogen and oxygen atoms in total. The van der Waals surface area contributed by atoms with Gasteiger partial charge in [-0.3, -0.25) is 4.79 Å². The third kappa shape index (κ3) is 2.47. The number of hydrogen-bond acceptors (Lipinski definition) is 2. The molecule has 1 fully saturated rings. The van der Waals surface area contributed by atoms with Crippen LogP contribution < -0.4 is 0 Å². The molecular weight excluding hydrogens is 228 g/mol. The van der Waals surface area contributed by atoms with Gasteiger partial charge in [-0.25, -0.2) is 0 Å². The Hall–Kier alpha value is -0.630. The zero-order chi connectivity index (χ0) is 12.5. The molecule has 94 valence electrons. The van der Waals surface area contributed by atoms with Crippen LogP contribution in [0.5, 0.6) is 0 Å². The lowest BCUT2D eigenvalue weighted by Crippen LogP contribution is -2.30. The topological polar surface area (TPSA) is 17.1 Å². The van der Waals surface area contributed by atoms with Crippen molar-refractivity contribution in [1.29, 1.82) is 0 Å². The highest BCUT2D eigenvalue weighted by Crippen LogP contribution is 2.46. The Balaban J connectivity index is 2.28. The molecule has 0 saturated heterocycles. The molecule has 0 aliphatic heterocycles. The van der Waals surface area contributed by atoms with E-state index in [1.165, 1.54) is 17.7 Å². The van der Waals surface area contributed by atoms with Crippen LogP contribution in [-0.2, 0) is 0 Å². The maximum absolute atomic E-state index is 12.8. The van der Waals surface area contributed by atoms with Gasteiger partial charge in [0.1, 0.15) is 0 Å². The summed E-state index contributed by atoms with van der Waals surface area (Å²) in [7, 11) is 0. The molecule has 2 rings (SSSR count). The zero-order valence-corrected chi connectivity index (χ0v) is 11.9. The van der Waals surface area contributed by atoms with Crippen molar-refractivity contribution in [1.82, 2.24) is 0 Å². The average molecular weight is 250 g/mol. The molecule has 0 unspecified atom stereocenters. The lowest BCUT2D eigenvalue weighted by atomic mass is 9.73. The lowest BCUT2D eigenvalue weighted by molar-refractivity contribution is 0.0760. The standard InChI is InChI=1S/C15H22OS/c1-11(2)10-15(7-4-5-8-15)14(16)13-6-9-17-12(13)3/h6,9,11H,4-5,7-8,10H2,1-3H3. The van der Waals surface area contributed by atoms with E-state index in [1.54, 1.807) is 11.3 Å². The fourth-order valence-electron chi connectivity index (χ4n) is 3.26. The van der Waals surface area contributed by atoms with Gasteiger partial charge in [0.2, 0.25) is 0 Å². The molecule has 0 spiro atoms. The number of ketones is 1. The van der Waals surface area contributed by atoms with Crippen molar-refractivity contribution in [3.05, 3.63) is 21.9 Å². The van der Waals surface area contributed by atoms with Crippen LogP contribution in [0.25, 0.3) is 0 Å². The fourth-order valence-corrected chi connectivity index (χ4v) is 3.96. The summed E-state index contributed by atoms with van der Waals surface area (Å²) in [5.41, 5.74) is 0.942. The van der Waals surface area contributed by atoms with Crippen molar-refractivity contribution in [3.8, 4) is 0 Å². The smallest absolute Gasteiger partial charge is 0.170 e. The van der Waals surface area contributed by atoms with E-state index in [0.717, 1.165) is 24.8 Å². The maximum Gasteiger partial charge on any atom is 0.170 e. The Labute approximate surface area is 108 Å². The van der Waals surface area contributed by atoms with Crippen LogP contribution in [0.15, 0.2) is 11.4 Å². The first-order chi connectivity index (χ1) is 8.05. The van der Waals surface area contributed by atoms with Gasteiger partial charge in [0.15, 0.2) is 5.78 Å². The van der Waals surface area contributed by atoms with E-state index in [9.17, 15) is 4.79 Å². The molecule has 1 heterocycles. The highest BCUT2D eigenvalue weighted by atomic mass is 32.1. The monoisotopic (exact) mass is 250 g/mol. The summed E-state index contributed by atoms with van der Waals surface area (Å²) >= 11 is 1.69. The van der Waals surface area contributed by atoms with Gasteiger partial charge < -0.3 is 0 Å². The van der Waals surface area contributed by atoms with Gasteiger partial charge in [0.25, 0.3) is 0 Å². The van der Waals surface area contributed by atoms with Crippen LogP contribution in [0.3, 0.4) is 0 Å². The third-order valence-corrected chi connectivity index (χ3v) is 4.79. The van der Waals surface area contributed by atoms with Crippen molar-refractivity contribution in [2.45, 2.75) is 52.9 Å². The molecule has 1 aromatic rings. The predicted molar refractivity (Wildman–Crippen MR) is 73.7 cm³/mol. The summed E-state index contributed by atoms with van der Waals surface area (Å²) in [4.78, 5) is 14.0. The Morgan fingerprint density at radius 2 is 2.06 bits per heavy atom. The van der Waals surface area contributed by atoms with Gasteiger partial charge in [-0.15, -0.1) is 11.3 Å². The second-order valence-electron chi connectivity index (χ2n) is 5.80. The van der Waals surface area contributed by atoms with E-state index in [4.69, 9.17) is 0 Å². The zero-order valence-electron chi connectivity index (χ0n) is 11.1. The maximum atomic E-state index is 12.8. The van der Waals surface area contributed by atoms with Crippen LogP contribution in [-0.4, -0.2) is 5.78 Å². The van der Waals surface area contributed by atoms with E-state index in [2.05, 4.69) is 20.8 Å². The molecule has 2 heteroatoms. The number of rotatable bonds is 4. The van der Waals surface area contributed by atoms with Gasteiger partial charge in [0.05, 0.1) is 0 Å². The van der Waals surface area contributed by atoms with Crippen molar-refractivity contribution < 1.29 is 4.79 Å². The van der Waals surface area contributed by atoms with E-state index in [1.807, 2.05) is 11.4 Å². The van der Waals surface area contributed by atoms with Crippen LogP contribution in [0.1, 0.15) is 61.2 Å². The molecule has 0 N–H and O–H groups in total. The molecule has 1 aliphatic rings. The van der Waals surface area contributed by atoms with E-state index >= 15 is 0 Å². The van der Waals surface area contributed by atoms with E-state index in [0.29, 0.717) is 11.7 Å². The highest BCUT2D eigenvalue weighted by molar-refractivity contribution is 7.10. The van der Waals surface area contributed by atoms with Crippen LogP contribution in [0.4, 0.5) is 0 Å². The van der Waals surface area contributed by atoms with Crippen molar-refractivity contribution in [2.24, 2.45) is 11.3 Å². The van der Waals surface area contributed by atoms with Crippen molar-refractivity contribution in [2.75, 3.05) is 0 Å². The minimum absolute atomic E-state index is 0.0417. The largest absolute Gasteiger partial charge is 0.294 e. The first-order valence-electron chi connectivity index (χ1n) is 6.64. The molecular formula is C15H22OS. The normalized spacial score (nSPS) is 18.8. The molecule has 0 aromatic carbocycles. The Morgan fingerprint density at radius 3 is 2.53 bits per heavy atom. The molecule has 0 radical (unpaired) electrons. The SMILES string of the molecule is Cc1sccc1C(=O)C1(CC(C)C)CCCC1. The van der Waals surface area contributed by atoms with E-state index in [-0.39, 0.29) is 5.41 Å². The second kappa shape index (κ2) is 4.93. The summed E-state index contributed by atoms with van der Waals surface area (Å²) in [5.74, 6) is 1.03. The number of hydrogen-bond donors (Lipinski definition) is 0. The summed E-state index contributed by atoms with van der Waals surface area (Å²) in [5, 5.41) is 2.04. The molecule has 0 amide bonds. The number of Topliss-reactive ketones (excluding diaryl/α,β-unsaturated/α-hetero) is 1. The van der Waals surface area contributed by atoms with Gasteiger partial charge in [0, 0.05) is 15.9 Å². The second-order valence-corrected chi connectivity index (χ2v) is 6.93. The van der Waals surface area contributed by atoms with Crippen LogP contribution in [0, 0.1) is 18.3 Å². The molecule has 0 bridgehead atoms. The van der Waals surface area contributed by atoms with Crippen molar-refractivity contribution >= 4 is 17.1 Å². The van der Waals surface area contributed by atoms with E-state index < -0.39 is 0 Å². The first-order valence-corrected chi connectivity index (χ1v) is 7.52. The highest BCUT2D eigenvalue weighted by Gasteiger charge is 2.42. The van der Waals surface area contributed by atoms with Crippen molar-refractivity contribution in [3.63, 3.8) is 0 Å². The lowest BCUT2D eigenvalue weighted by Gasteiger charge is -2.29. The summed E-state index contributed by atoms with van der Waals surface area (Å²) in [6.07, 6.45) is 5.70. The third-order valence-electron chi connectivity index (χ3n) is 3.94. The summed E-state index contributed by atoms with van der Waals surface area (Å²) in [6.45, 7) is 6.53. The summed E-state index contributed by atoms with van der Waals surface area (Å²) in [6, 6.07) is 2.02. The van der Waals surface area contributed by atoms with Gasteiger partial charge in [-0.05, 0) is 43.6 Å². The molecule has 1 aromatic heterocycles. The Kier molecular flexibility index (Phi) is 3.72.